The van der Waals surface area contributed by atoms with Gasteiger partial charge in [-0.3, -0.25) is 4.98 Å². The van der Waals surface area contributed by atoms with Crippen molar-refractivity contribution in [2.24, 2.45) is 0 Å². The average Bonchev–Trinajstić information content (AvgIpc) is 2.30. The van der Waals surface area contributed by atoms with Crippen molar-refractivity contribution in [3.63, 3.8) is 0 Å². The van der Waals surface area contributed by atoms with Crippen LogP contribution in [0, 0.1) is 0 Å². The van der Waals surface area contributed by atoms with Gasteiger partial charge in [-0.15, -0.1) is 0 Å². The molecule has 0 saturated heterocycles. The molecule has 0 amide bonds. The smallest absolute Gasteiger partial charge is 0.0661 e. The number of allylic oxidation sites excluding steroid dienone is 1. The van der Waals surface area contributed by atoms with Crippen LogP contribution in [0.1, 0.15) is 31.4 Å². The minimum absolute atomic E-state index is 1.08. The third kappa shape index (κ3) is 2.70. The van der Waals surface area contributed by atoms with E-state index in [9.17, 15) is 0 Å². The SMILES string of the molecule is CN(C)CC1=C(c2ccccn2)CCCC1. The van der Waals surface area contributed by atoms with Crippen LogP contribution in [0.25, 0.3) is 5.57 Å². The highest BCUT2D eigenvalue weighted by Gasteiger charge is 2.15. The van der Waals surface area contributed by atoms with Gasteiger partial charge in [0, 0.05) is 12.7 Å². The first-order chi connectivity index (χ1) is 7.77. The molecule has 0 radical (unpaired) electrons. The normalized spacial score (nSPS) is 16.9. The van der Waals surface area contributed by atoms with Crippen molar-refractivity contribution in [3.05, 3.63) is 35.7 Å². The highest BCUT2D eigenvalue weighted by molar-refractivity contribution is 5.67. The summed E-state index contributed by atoms with van der Waals surface area (Å²) in [6.45, 7) is 1.08. The maximum Gasteiger partial charge on any atom is 0.0661 e. The highest BCUT2D eigenvalue weighted by atomic mass is 15.0. The van der Waals surface area contributed by atoms with E-state index in [0.29, 0.717) is 0 Å². The molecule has 0 unspecified atom stereocenters. The Labute approximate surface area is 98.0 Å². The predicted octanol–water partition coefficient (Wildman–Crippen LogP) is 2.97. The second kappa shape index (κ2) is 5.26. The third-order valence-corrected chi connectivity index (χ3v) is 3.06. The zero-order valence-corrected chi connectivity index (χ0v) is 10.2. The van der Waals surface area contributed by atoms with Gasteiger partial charge in [0.15, 0.2) is 0 Å². The van der Waals surface area contributed by atoms with E-state index in [0.717, 1.165) is 6.54 Å². The second-order valence-corrected chi connectivity index (χ2v) is 4.74. The lowest BCUT2D eigenvalue weighted by Crippen LogP contribution is -2.18. The van der Waals surface area contributed by atoms with Crippen molar-refractivity contribution in [2.75, 3.05) is 20.6 Å². The van der Waals surface area contributed by atoms with Crippen LogP contribution in [-0.2, 0) is 0 Å². The van der Waals surface area contributed by atoms with E-state index in [1.54, 1.807) is 5.57 Å². The molecule has 0 atom stereocenters. The molecule has 1 aliphatic carbocycles. The summed E-state index contributed by atoms with van der Waals surface area (Å²) in [7, 11) is 4.27. The van der Waals surface area contributed by atoms with Crippen LogP contribution in [0.15, 0.2) is 30.0 Å². The Kier molecular flexibility index (Phi) is 3.73. The molecule has 0 fully saturated rings. The molecule has 1 aromatic rings. The number of hydrogen-bond acceptors (Lipinski definition) is 2. The van der Waals surface area contributed by atoms with Gasteiger partial charge in [-0.05, 0) is 57.5 Å². The first-order valence-electron chi connectivity index (χ1n) is 6.04. The van der Waals surface area contributed by atoms with Gasteiger partial charge in [0.25, 0.3) is 0 Å². The Balaban J connectivity index is 2.30. The van der Waals surface area contributed by atoms with Crippen LogP contribution in [0.4, 0.5) is 0 Å². The number of aromatic nitrogens is 1. The number of likely N-dealkylation sites (N-methyl/N-ethyl adjacent to an activating group) is 1. The molecule has 0 spiro atoms. The largest absolute Gasteiger partial charge is 0.305 e. The zero-order valence-electron chi connectivity index (χ0n) is 10.2. The lowest BCUT2D eigenvalue weighted by molar-refractivity contribution is 0.434. The van der Waals surface area contributed by atoms with Gasteiger partial charge >= 0.3 is 0 Å². The van der Waals surface area contributed by atoms with Gasteiger partial charge in [-0.2, -0.15) is 0 Å². The molecule has 86 valence electrons. The van der Waals surface area contributed by atoms with E-state index < -0.39 is 0 Å². The fourth-order valence-electron chi connectivity index (χ4n) is 2.37. The number of pyridine rings is 1. The number of nitrogens with zero attached hydrogens (tertiary/aromatic N) is 2. The topological polar surface area (TPSA) is 16.1 Å². The lowest BCUT2D eigenvalue weighted by atomic mass is 9.89. The molecule has 1 heterocycles. The molecule has 2 heteroatoms. The fraction of sp³-hybridized carbons (Fsp3) is 0.500. The van der Waals surface area contributed by atoms with Gasteiger partial charge in [0.2, 0.25) is 0 Å². The first kappa shape index (κ1) is 11.3. The van der Waals surface area contributed by atoms with Crippen LogP contribution >= 0.6 is 0 Å². The van der Waals surface area contributed by atoms with E-state index in [1.807, 2.05) is 12.3 Å². The van der Waals surface area contributed by atoms with Crippen LogP contribution in [0.2, 0.25) is 0 Å². The van der Waals surface area contributed by atoms with Gasteiger partial charge in [-0.25, -0.2) is 0 Å². The maximum absolute atomic E-state index is 4.48. The van der Waals surface area contributed by atoms with Gasteiger partial charge < -0.3 is 4.90 Å². The van der Waals surface area contributed by atoms with Crippen molar-refractivity contribution in [1.82, 2.24) is 9.88 Å². The van der Waals surface area contributed by atoms with Crippen molar-refractivity contribution in [1.29, 1.82) is 0 Å². The maximum atomic E-state index is 4.48. The molecular weight excluding hydrogens is 196 g/mol. The Bertz CT molecular complexity index is 366. The number of hydrogen-bond donors (Lipinski definition) is 0. The fourth-order valence-corrected chi connectivity index (χ4v) is 2.37. The van der Waals surface area contributed by atoms with Crippen molar-refractivity contribution in [2.45, 2.75) is 25.7 Å². The van der Waals surface area contributed by atoms with Gasteiger partial charge in [-0.1, -0.05) is 11.6 Å². The predicted molar refractivity (Wildman–Crippen MR) is 68.2 cm³/mol. The molecule has 0 aliphatic heterocycles. The molecule has 2 rings (SSSR count). The van der Waals surface area contributed by atoms with E-state index in [2.05, 4.69) is 36.1 Å². The molecule has 0 N–H and O–H groups in total. The van der Waals surface area contributed by atoms with Crippen LogP contribution < -0.4 is 0 Å². The standard InChI is InChI=1S/C14H20N2/c1-16(2)11-12-7-3-4-8-13(12)14-9-5-6-10-15-14/h5-6,9-10H,3-4,7-8,11H2,1-2H3. The monoisotopic (exact) mass is 216 g/mol. The molecule has 1 aromatic heterocycles. The molecule has 0 bridgehead atoms. The van der Waals surface area contributed by atoms with E-state index in [4.69, 9.17) is 0 Å². The summed E-state index contributed by atoms with van der Waals surface area (Å²) >= 11 is 0. The minimum Gasteiger partial charge on any atom is -0.305 e. The van der Waals surface area contributed by atoms with E-state index in [1.165, 1.54) is 37.0 Å². The second-order valence-electron chi connectivity index (χ2n) is 4.74. The highest BCUT2D eigenvalue weighted by Crippen LogP contribution is 2.31. The van der Waals surface area contributed by atoms with E-state index >= 15 is 0 Å². The Morgan fingerprint density at radius 2 is 2.00 bits per heavy atom. The van der Waals surface area contributed by atoms with Gasteiger partial charge in [0.1, 0.15) is 0 Å². The number of rotatable bonds is 3. The zero-order chi connectivity index (χ0) is 11.4. The Hall–Kier alpha value is -1.15. The van der Waals surface area contributed by atoms with Crippen molar-refractivity contribution < 1.29 is 0 Å². The molecule has 1 aliphatic rings. The summed E-state index contributed by atoms with van der Waals surface area (Å²) in [4.78, 5) is 6.74. The minimum atomic E-state index is 1.08. The molecule has 16 heavy (non-hydrogen) atoms. The summed E-state index contributed by atoms with van der Waals surface area (Å²) in [5.74, 6) is 0. The summed E-state index contributed by atoms with van der Waals surface area (Å²) in [5.41, 5.74) is 4.24. The lowest BCUT2D eigenvalue weighted by Gasteiger charge is -2.22. The molecular formula is C14H20N2. The van der Waals surface area contributed by atoms with Crippen molar-refractivity contribution in [3.8, 4) is 0 Å². The third-order valence-electron chi connectivity index (χ3n) is 3.06. The molecule has 0 aromatic carbocycles. The van der Waals surface area contributed by atoms with E-state index in [-0.39, 0.29) is 0 Å². The summed E-state index contributed by atoms with van der Waals surface area (Å²) in [6.07, 6.45) is 6.97. The van der Waals surface area contributed by atoms with Crippen LogP contribution in [0.3, 0.4) is 0 Å². The molecule has 2 nitrogen and oxygen atoms in total. The summed E-state index contributed by atoms with van der Waals surface area (Å²) in [6, 6.07) is 6.20. The first-order valence-corrected chi connectivity index (χ1v) is 6.04. The van der Waals surface area contributed by atoms with Crippen LogP contribution in [0.5, 0.6) is 0 Å². The summed E-state index contributed by atoms with van der Waals surface area (Å²) in [5, 5.41) is 0. The Morgan fingerprint density at radius 3 is 2.69 bits per heavy atom. The quantitative estimate of drug-likeness (QED) is 0.772. The van der Waals surface area contributed by atoms with Gasteiger partial charge in [0.05, 0.1) is 5.69 Å². The van der Waals surface area contributed by atoms with Crippen LogP contribution in [-0.4, -0.2) is 30.5 Å². The van der Waals surface area contributed by atoms with Crippen molar-refractivity contribution >= 4 is 5.57 Å². The Morgan fingerprint density at radius 1 is 1.19 bits per heavy atom. The molecule has 0 saturated carbocycles. The summed E-state index contributed by atoms with van der Waals surface area (Å²) < 4.78 is 0. The average molecular weight is 216 g/mol.